The fourth-order valence-corrected chi connectivity index (χ4v) is 1.000. The van der Waals surface area contributed by atoms with Crippen LogP contribution in [0, 0.1) is 5.82 Å². The lowest BCUT2D eigenvalue weighted by atomic mass is 10.1. The number of carboxylic acids is 2. The van der Waals surface area contributed by atoms with Crippen LogP contribution in [0.1, 0.15) is 15.9 Å². The molecule has 0 aromatic heterocycles. The smallest absolute Gasteiger partial charge is 0.335 e. The first-order valence-corrected chi connectivity index (χ1v) is 3.94. The summed E-state index contributed by atoms with van der Waals surface area (Å²) in [5.74, 6) is -3.17. The Hall–Kier alpha value is -2.17. The summed E-state index contributed by atoms with van der Waals surface area (Å²) in [5, 5.41) is 16.9. The molecule has 78 valence electrons. The summed E-state index contributed by atoms with van der Waals surface area (Å²) in [7, 11) is 0. The van der Waals surface area contributed by atoms with Crippen molar-refractivity contribution in [2.24, 2.45) is 0 Å². The maximum atomic E-state index is 12.9. The number of carboxylic acid groups (broad SMARTS) is 2. The number of hydrogen-bond donors (Lipinski definition) is 2. The number of benzene rings is 1. The van der Waals surface area contributed by atoms with E-state index in [0.29, 0.717) is 0 Å². The van der Waals surface area contributed by atoms with E-state index in [1.165, 1.54) is 6.07 Å². The Balaban J connectivity index is 3.09. The Labute approximate surface area is 84.3 Å². The lowest BCUT2D eigenvalue weighted by Crippen LogP contribution is -1.97. The molecular weight excluding hydrogens is 203 g/mol. The molecule has 0 aliphatic heterocycles. The maximum Gasteiger partial charge on any atom is 0.335 e. The molecule has 0 saturated heterocycles. The van der Waals surface area contributed by atoms with Gasteiger partial charge in [-0.15, -0.1) is 0 Å². The van der Waals surface area contributed by atoms with Gasteiger partial charge in [0.1, 0.15) is 5.82 Å². The molecule has 0 aliphatic carbocycles. The first-order valence-electron chi connectivity index (χ1n) is 3.94. The van der Waals surface area contributed by atoms with Gasteiger partial charge in [-0.25, -0.2) is 14.0 Å². The summed E-state index contributed by atoms with van der Waals surface area (Å²) in [6.07, 6.45) is 1.93. The molecule has 4 nitrogen and oxygen atoms in total. The third-order valence-corrected chi connectivity index (χ3v) is 1.59. The monoisotopic (exact) mass is 210 g/mol. The molecule has 0 bridgehead atoms. The van der Waals surface area contributed by atoms with E-state index in [1.54, 1.807) is 0 Å². The van der Waals surface area contributed by atoms with Crippen molar-refractivity contribution >= 4 is 18.0 Å². The van der Waals surface area contributed by atoms with Crippen molar-refractivity contribution in [3.8, 4) is 0 Å². The van der Waals surface area contributed by atoms with E-state index in [0.717, 1.165) is 24.3 Å². The summed E-state index contributed by atoms with van der Waals surface area (Å²) >= 11 is 0. The molecule has 0 amide bonds. The number of carbonyl (C=O) groups is 2. The first-order chi connectivity index (χ1) is 6.99. The Morgan fingerprint density at radius 3 is 2.40 bits per heavy atom. The summed E-state index contributed by atoms with van der Waals surface area (Å²) in [6, 6.07) is 3.09. The highest BCUT2D eigenvalue weighted by Gasteiger charge is 2.05. The molecule has 1 aromatic rings. The van der Waals surface area contributed by atoms with Crippen molar-refractivity contribution in [3.63, 3.8) is 0 Å². The van der Waals surface area contributed by atoms with Gasteiger partial charge < -0.3 is 10.2 Å². The van der Waals surface area contributed by atoms with E-state index in [-0.39, 0.29) is 11.1 Å². The molecule has 2 N–H and O–H groups in total. The second-order valence-electron chi connectivity index (χ2n) is 2.75. The molecule has 0 heterocycles. The third kappa shape index (κ3) is 3.22. The normalized spacial score (nSPS) is 10.5. The fourth-order valence-electron chi connectivity index (χ4n) is 1.000. The maximum absolute atomic E-state index is 12.9. The topological polar surface area (TPSA) is 74.6 Å². The van der Waals surface area contributed by atoms with Gasteiger partial charge >= 0.3 is 11.9 Å². The zero-order valence-corrected chi connectivity index (χ0v) is 7.48. The van der Waals surface area contributed by atoms with Crippen LogP contribution in [-0.2, 0) is 4.79 Å². The third-order valence-electron chi connectivity index (χ3n) is 1.59. The van der Waals surface area contributed by atoms with Crippen LogP contribution < -0.4 is 0 Å². The molecular formula is C10H7FO4. The second-order valence-corrected chi connectivity index (χ2v) is 2.75. The standard InChI is InChI=1S/C10H7FO4/c11-8-4-6(1-2-9(12)13)3-7(5-8)10(14)15/h1-5H,(H,12,13)(H,14,15). The first kappa shape index (κ1) is 10.9. The number of aliphatic carboxylic acids is 1. The predicted octanol–water partition coefficient (Wildman–Crippen LogP) is 1.62. The van der Waals surface area contributed by atoms with Crippen LogP contribution in [0.15, 0.2) is 24.3 Å². The Bertz CT molecular complexity index is 437. The van der Waals surface area contributed by atoms with Crippen LogP contribution in [-0.4, -0.2) is 22.2 Å². The highest BCUT2D eigenvalue weighted by molar-refractivity contribution is 5.89. The van der Waals surface area contributed by atoms with Gasteiger partial charge in [0.15, 0.2) is 0 Å². The van der Waals surface area contributed by atoms with Crippen LogP contribution >= 0.6 is 0 Å². The SMILES string of the molecule is O=C(O)C=Cc1cc(F)cc(C(=O)O)c1. The molecule has 0 atom stereocenters. The minimum atomic E-state index is -1.26. The zero-order chi connectivity index (χ0) is 11.4. The predicted molar refractivity (Wildman–Crippen MR) is 50.0 cm³/mol. The molecule has 0 spiro atoms. The molecule has 0 fully saturated rings. The van der Waals surface area contributed by atoms with Gasteiger partial charge in [0.2, 0.25) is 0 Å². The molecule has 15 heavy (non-hydrogen) atoms. The summed E-state index contributed by atoms with van der Waals surface area (Å²) < 4.78 is 12.9. The van der Waals surface area contributed by atoms with E-state index >= 15 is 0 Å². The number of rotatable bonds is 3. The molecule has 0 radical (unpaired) electrons. The van der Waals surface area contributed by atoms with Crippen molar-refractivity contribution < 1.29 is 24.2 Å². The van der Waals surface area contributed by atoms with Gasteiger partial charge in [-0.1, -0.05) is 0 Å². The Kier molecular flexibility index (Phi) is 3.17. The Morgan fingerprint density at radius 1 is 1.20 bits per heavy atom. The van der Waals surface area contributed by atoms with Crippen LogP contribution in [0.4, 0.5) is 4.39 Å². The van der Waals surface area contributed by atoms with Crippen molar-refractivity contribution in [2.45, 2.75) is 0 Å². The number of halogens is 1. The molecule has 1 aromatic carbocycles. The van der Waals surface area contributed by atoms with Crippen LogP contribution in [0.25, 0.3) is 6.08 Å². The van der Waals surface area contributed by atoms with E-state index in [1.807, 2.05) is 0 Å². The van der Waals surface area contributed by atoms with Crippen LogP contribution in [0.2, 0.25) is 0 Å². The largest absolute Gasteiger partial charge is 0.478 e. The minimum absolute atomic E-state index is 0.190. The lowest BCUT2D eigenvalue weighted by Gasteiger charge is -1.97. The number of aromatic carboxylic acids is 1. The van der Waals surface area contributed by atoms with Crippen molar-refractivity contribution in [3.05, 3.63) is 41.2 Å². The highest BCUT2D eigenvalue weighted by atomic mass is 19.1. The van der Waals surface area contributed by atoms with E-state index in [2.05, 4.69) is 0 Å². The average molecular weight is 210 g/mol. The van der Waals surface area contributed by atoms with Crippen molar-refractivity contribution in [1.29, 1.82) is 0 Å². The zero-order valence-electron chi connectivity index (χ0n) is 7.48. The van der Waals surface area contributed by atoms with Crippen molar-refractivity contribution in [2.75, 3.05) is 0 Å². The second kappa shape index (κ2) is 4.36. The van der Waals surface area contributed by atoms with E-state index in [4.69, 9.17) is 10.2 Å². The van der Waals surface area contributed by atoms with Gasteiger partial charge in [-0.05, 0) is 29.8 Å². The van der Waals surface area contributed by atoms with Gasteiger partial charge in [-0.2, -0.15) is 0 Å². The van der Waals surface area contributed by atoms with Gasteiger partial charge in [-0.3, -0.25) is 0 Å². The van der Waals surface area contributed by atoms with Gasteiger partial charge in [0, 0.05) is 6.08 Å². The number of hydrogen-bond acceptors (Lipinski definition) is 2. The molecule has 0 aliphatic rings. The average Bonchev–Trinajstić information content (AvgIpc) is 2.13. The molecule has 1 rings (SSSR count). The molecule has 0 unspecified atom stereocenters. The highest BCUT2D eigenvalue weighted by Crippen LogP contribution is 2.10. The van der Waals surface area contributed by atoms with Gasteiger partial charge in [0.25, 0.3) is 0 Å². The lowest BCUT2D eigenvalue weighted by molar-refractivity contribution is -0.131. The van der Waals surface area contributed by atoms with Crippen LogP contribution in [0.5, 0.6) is 0 Å². The summed E-state index contributed by atoms with van der Waals surface area (Å²) in [6.45, 7) is 0. The Morgan fingerprint density at radius 2 is 1.87 bits per heavy atom. The fraction of sp³-hybridized carbons (Fsp3) is 0. The van der Waals surface area contributed by atoms with Gasteiger partial charge in [0.05, 0.1) is 5.56 Å². The molecule has 5 heteroatoms. The van der Waals surface area contributed by atoms with E-state index in [9.17, 15) is 14.0 Å². The summed E-state index contributed by atoms with van der Waals surface area (Å²) in [4.78, 5) is 20.7. The quantitative estimate of drug-likeness (QED) is 0.743. The van der Waals surface area contributed by atoms with Crippen molar-refractivity contribution in [1.82, 2.24) is 0 Å². The molecule has 0 saturated carbocycles. The van der Waals surface area contributed by atoms with E-state index < -0.39 is 17.8 Å². The van der Waals surface area contributed by atoms with Crippen LogP contribution in [0.3, 0.4) is 0 Å². The summed E-state index contributed by atoms with van der Waals surface area (Å²) in [5.41, 5.74) is -0.0326. The minimum Gasteiger partial charge on any atom is -0.478 e.